The first kappa shape index (κ1) is 14.1. The van der Waals surface area contributed by atoms with E-state index >= 15 is 0 Å². The molecule has 2 unspecified atom stereocenters. The van der Waals surface area contributed by atoms with Crippen molar-refractivity contribution in [1.82, 2.24) is 0 Å². The standard InChI is InChI=1S/C15H21BrO2S/c1-10-12(16)8-13(19-10)14(17)11-4-7-18-15(9-11)5-2-3-6-15/h8,11,14,17H,2-7,9H2,1H3. The fourth-order valence-electron chi connectivity index (χ4n) is 3.56. The van der Waals surface area contributed by atoms with Crippen LogP contribution in [0.1, 0.15) is 54.4 Å². The van der Waals surface area contributed by atoms with Gasteiger partial charge in [0.05, 0.1) is 11.7 Å². The van der Waals surface area contributed by atoms with Crippen LogP contribution in [0, 0.1) is 12.8 Å². The van der Waals surface area contributed by atoms with Crippen LogP contribution < -0.4 is 0 Å². The van der Waals surface area contributed by atoms with Crippen LogP contribution in [-0.2, 0) is 4.74 Å². The molecule has 1 N–H and O–H groups in total. The summed E-state index contributed by atoms with van der Waals surface area (Å²) >= 11 is 5.25. The molecule has 0 amide bonds. The van der Waals surface area contributed by atoms with Crippen LogP contribution in [0.2, 0.25) is 0 Å². The Bertz CT molecular complexity index is 431. The van der Waals surface area contributed by atoms with Gasteiger partial charge in [0.15, 0.2) is 0 Å². The molecule has 0 bridgehead atoms. The maximum absolute atomic E-state index is 10.7. The molecule has 1 spiro atoms. The molecule has 2 aliphatic rings. The third-order valence-corrected chi connectivity index (χ3v) is 6.87. The molecule has 1 saturated heterocycles. The van der Waals surface area contributed by atoms with E-state index in [0.29, 0.717) is 5.92 Å². The van der Waals surface area contributed by atoms with E-state index in [1.54, 1.807) is 11.3 Å². The van der Waals surface area contributed by atoms with Gasteiger partial charge in [-0.15, -0.1) is 11.3 Å². The van der Waals surface area contributed by atoms with Gasteiger partial charge in [0.2, 0.25) is 0 Å². The van der Waals surface area contributed by atoms with Crippen molar-refractivity contribution >= 4 is 27.3 Å². The number of ether oxygens (including phenoxy) is 1. The van der Waals surface area contributed by atoms with Gasteiger partial charge in [-0.25, -0.2) is 0 Å². The predicted molar refractivity (Wildman–Crippen MR) is 81.6 cm³/mol. The summed E-state index contributed by atoms with van der Waals surface area (Å²) < 4.78 is 7.17. The van der Waals surface area contributed by atoms with E-state index in [4.69, 9.17) is 4.74 Å². The van der Waals surface area contributed by atoms with E-state index in [1.807, 2.05) is 0 Å². The number of thiophene rings is 1. The molecule has 106 valence electrons. The van der Waals surface area contributed by atoms with Gasteiger partial charge < -0.3 is 9.84 Å². The molecule has 0 radical (unpaired) electrons. The number of hydrogen-bond donors (Lipinski definition) is 1. The molecule has 19 heavy (non-hydrogen) atoms. The minimum atomic E-state index is -0.323. The highest BCUT2D eigenvalue weighted by Gasteiger charge is 2.42. The SMILES string of the molecule is Cc1sc(C(O)C2CCOC3(CCCC3)C2)cc1Br. The minimum absolute atomic E-state index is 0.0907. The van der Waals surface area contributed by atoms with Gasteiger partial charge in [-0.1, -0.05) is 12.8 Å². The summed E-state index contributed by atoms with van der Waals surface area (Å²) in [4.78, 5) is 2.35. The lowest BCUT2D eigenvalue weighted by Gasteiger charge is -2.39. The number of halogens is 1. The van der Waals surface area contributed by atoms with Gasteiger partial charge in [0, 0.05) is 20.8 Å². The van der Waals surface area contributed by atoms with Gasteiger partial charge >= 0.3 is 0 Å². The second-order valence-corrected chi connectivity index (χ2v) is 8.13. The molecule has 4 heteroatoms. The average molecular weight is 345 g/mol. The maximum Gasteiger partial charge on any atom is 0.0912 e. The lowest BCUT2D eigenvalue weighted by atomic mass is 9.81. The highest BCUT2D eigenvalue weighted by molar-refractivity contribution is 9.10. The Labute approximate surface area is 127 Å². The zero-order chi connectivity index (χ0) is 13.5. The molecule has 1 aromatic heterocycles. The normalized spacial score (nSPS) is 27.8. The van der Waals surface area contributed by atoms with Gasteiger partial charge in [-0.3, -0.25) is 0 Å². The highest BCUT2D eigenvalue weighted by atomic mass is 79.9. The molecule has 2 heterocycles. The molecule has 1 aromatic rings. The summed E-state index contributed by atoms with van der Waals surface area (Å²) in [7, 11) is 0. The van der Waals surface area contributed by atoms with Crippen LogP contribution in [0.3, 0.4) is 0 Å². The van der Waals surface area contributed by atoms with E-state index in [-0.39, 0.29) is 11.7 Å². The topological polar surface area (TPSA) is 29.5 Å². The maximum atomic E-state index is 10.7. The molecule has 1 aliphatic heterocycles. The van der Waals surface area contributed by atoms with Crippen LogP contribution in [0.5, 0.6) is 0 Å². The van der Waals surface area contributed by atoms with Gasteiger partial charge in [-0.2, -0.15) is 0 Å². The monoisotopic (exact) mass is 344 g/mol. The molecule has 2 nitrogen and oxygen atoms in total. The highest BCUT2D eigenvalue weighted by Crippen LogP contribution is 2.46. The quantitative estimate of drug-likeness (QED) is 0.849. The Morgan fingerprint density at radius 2 is 2.21 bits per heavy atom. The van der Waals surface area contributed by atoms with Crippen molar-refractivity contribution in [2.45, 2.75) is 57.2 Å². The van der Waals surface area contributed by atoms with E-state index in [9.17, 15) is 5.11 Å². The summed E-state index contributed by atoms with van der Waals surface area (Å²) in [5.41, 5.74) is 0.0907. The zero-order valence-corrected chi connectivity index (χ0v) is 13.7. The number of rotatable bonds is 2. The zero-order valence-electron chi connectivity index (χ0n) is 11.3. The largest absolute Gasteiger partial charge is 0.387 e. The lowest BCUT2D eigenvalue weighted by Crippen LogP contribution is -2.39. The first-order chi connectivity index (χ1) is 9.10. The van der Waals surface area contributed by atoms with E-state index in [0.717, 1.165) is 28.8 Å². The van der Waals surface area contributed by atoms with E-state index in [2.05, 4.69) is 28.9 Å². The van der Waals surface area contributed by atoms with E-state index < -0.39 is 0 Å². The summed E-state index contributed by atoms with van der Waals surface area (Å²) in [6.45, 7) is 2.90. The first-order valence-corrected chi connectivity index (χ1v) is 8.78. The second kappa shape index (κ2) is 5.47. The molecule has 3 rings (SSSR count). The summed E-state index contributed by atoms with van der Waals surface area (Å²) in [6.07, 6.45) is 6.63. The number of aliphatic hydroxyl groups is 1. The van der Waals surface area contributed by atoms with Crippen LogP contribution >= 0.6 is 27.3 Å². The van der Waals surface area contributed by atoms with Gasteiger partial charge in [-0.05, 0) is 60.5 Å². The molecular formula is C15H21BrO2S. The van der Waals surface area contributed by atoms with Crippen molar-refractivity contribution in [2.75, 3.05) is 6.61 Å². The molecule has 1 aliphatic carbocycles. The predicted octanol–water partition coefficient (Wildman–Crippen LogP) is 4.59. The minimum Gasteiger partial charge on any atom is -0.387 e. The average Bonchev–Trinajstić information content (AvgIpc) is 2.97. The van der Waals surface area contributed by atoms with Crippen LogP contribution in [0.4, 0.5) is 0 Å². The van der Waals surface area contributed by atoms with Gasteiger partial charge in [0.1, 0.15) is 0 Å². The fraction of sp³-hybridized carbons (Fsp3) is 0.733. The van der Waals surface area contributed by atoms with Crippen LogP contribution in [-0.4, -0.2) is 17.3 Å². The van der Waals surface area contributed by atoms with Crippen molar-refractivity contribution in [2.24, 2.45) is 5.92 Å². The summed E-state index contributed by atoms with van der Waals surface area (Å²) in [6, 6.07) is 2.08. The van der Waals surface area contributed by atoms with Crippen molar-refractivity contribution in [3.63, 3.8) is 0 Å². The van der Waals surface area contributed by atoms with Crippen molar-refractivity contribution < 1.29 is 9.84 Å². The Balaban J connectivity index is 1.74. The van der Waals surface area contributed by atoms with E-state index in [1.165, 1.54) is 30.6 Å². The Morgan fingerprint density at radius 3 is 2.84 bits per heavy atom. The number of aliphatic hydroxyl groups excluding tert-OH is 1. The summed E-state index contributed by atoms with van der Waals surface area (Å²) in [5, 5.41) is 10.7. The van der Waals surface area contributed by atoms with Crippen molar-refractivity contribution in [1.29, 1.82) is 0 Å². The molecule has 1 saturated carbocycles. The Kier molecular flexibility index (Phi) is 4.05. The Morgan fingerprint density at radius 1 is 1.47 bits per heavy atom. The molecule has 2 atom stereocenters. The third-order valence-electron chi connectivity index (χ3n) is 4.66. The van der Waals surface area contributed by atoms with Crippen LogP contribution in [0.15, 0.2) is 10.5 Å². The smallest absolute Gasteiger partial charge is 0.0912 e. The molecule has 0 aromatic carbocycles. The molecule has 2 fully saturated rings. The number of aryl methyl sites for hydroxylation is 1. The van der Waals surface area contributed by atoms with Crippen molar-refractivity contribution in [3.8, 4) is 0 Å². The van der Waals surface area contributed by atoms with Crippen molar-refractivity contribution in [3.05, 3.63) is 20.3 Å². The van der Waals surface area contributed by atoms with Gasteiger partial charge in [0.25, 0.3) is 0 Å². The fourth-order valence-corrected chi connectivity index (χ4v) is 5.20. The summed E-state index contributed by atoms with van der Waals surface area (Å²) in [5.74, 6) is 0.358. The lowest BCUT2D eigenvalue weighted by molar-refractivity contribution is -0.113. The Hall–Kier alpha value is 0.100. The van der Waals surface area contributed by atoms with Crippen LogP contribution in [0.25, 0.3) is 0 Å². The second-order valence-electron chi connectivity index (χ2n) is 5.99. The third kappa shape index (κ3) is 2.78. The molecular weight excluding hydrogens is 324 g/mol. The first-order valence-electron chi connectivity index (χ1n) is 7.17. The number of hydrogen-bond acceptors (Lipinski definition) is 3.